The molecule has 3 aliphatic carbocycles. The van der Waals surface area contributed by atoms with E-state index in [0.29, 0.717) is 11.8 Å². The lowest BCUT2D eigenvalue weighted by molar-refractivity contribution is 0.611. The monoisotopic (exact) mass is 362 g/mol. The van der Waals surface area contributed by atoms with E-state index in [-0.39, 0.29) is 0 Å². The van der Waals surface area contributed by atoms with Crippen molar-refractivity contribution in [1.29, 1.82) is 0 Å². The molecule has 0 nitrogen and oxygen atoms in total. The van der Waals surface area contributed by atoms with Crippen LogP contribution in [-0.2, 0) is 0 Å². The van der Waals surface area contributed by atoms with Gasteiger partial charge in [0.05, 0.1) is 0 Å². The van der Waals surface area contributed by atoms with Gasteiger partial charge in [-0.1, -0.05) is 54.2 Å². The zero-order valence-electron chi connectivity index (χ0n) is 11.1. The fourth-order valence-electron chi connectivity index (χ4n) is 3.10. The van der Waals surface area contributed by atoms with Gasteiger partial charge in [-0.05, 0) is 59.9 Å². The largest absolute Gasteiger partial charge is 0.0839 e. The summed E-state index contributed by atoms with van der Waals surface area (Å²) in [5.74, 6) is 1.18. The van der Waals surface area contributed by atoms with Crippen molar-refractivity contribution in [2.45, 2.75) is 25.7 Å². The third-order valence-corrected chi connectivity index (χ3v) is 4.84. The zero-order chi connectivity index (χ0) is 13.1. The van der Waals surface area contributed by atoms with Gasteiger partial charge in [0.1, 0.15) is 0 Å². The molecule has 0 saturated heterocycles. The summed E-state index contributed by atoms with van der Waals surface area (Å²) in [5, 5.41) is 0. The van der Waals surface area contributed by atoms with Crippen LogP contribution in [0.1, 0.15) is 25.7 Å². The Morgan fingerprint density at radius 2 is 1.95 bits per heavy atom. The van der Waals surface area contributed by atoms with Crippen molar-refractivity contribution in [1.82, 2.24) is 0 Å². The van der Waals surface area contributed by atoms with Crippen molar-refractivity contribution < 1.29 is 0 Å². The van der Waals surface area contributed by atoms with Crippen LogP contribution in [0.25, 0.3) is 0 Å². The van der Waals surface area contributed by atoms with Gasteiger partial charge in [0, 0.05) is 15.4 Å². The summed E-state index contributed by atoms with van der Waals surface area (Å²) in [4.78, 5) is 0. The van der Waals surface area contributed by atoms with E-state index in [1.165, 1.54) is 22.0 Å². The molecule has 0 spiro atoms. The maximum atomic E-state index is 2.45. The van der Waals surface area contributed by atoms with E-state index in [9.17, 15) is 0 Å². The first-order valence-corrected chi connectivity index (χ1v) is 8.19. The predicted molar refractivity (Wildman–Crippen MR) is 91.1 cm³/mol. The Labute approximate surface area is 129 Å². The van der Waals surface area contributed by atoms with Gasteiger partial charge in [-0.15, -0.1) is 0 Å². The molecule has 2 unspecified atom stereocenters. The van der Waals surface area contributed by atoms with Crippen LogP contribution in [0.5, 0.6) is 0 Å². The van der Waals surface area contributed by atoms with Gasteiger partial charge < -0.3 is 0 Å². The number of hydrogen-bond acceptors (Lipinski definition) is 0. The van der Waals surface area contributed by atoms with Crippen molar-refractivity contribution in [2.24, 2.45) is 11.8 Å². The molecule has 0 aliphatic heterocycles. The number of hydrogen-bond donors (Lipinski definition) is 0. The molecule has 0 aromatic heterocycles. The molecular weight excluding hydrogens is 343 g/mol. The fraction of sp³-hybridized carbons (Fsp3) is 0.333. The molecule has 0 aromatic rings. The molecule has 1 heteroatoms. The van der Waals surface area contributed by atoms with Gasteiger partial charge in [-0.2, -0.15) is 0 Å². The minimum atomic E-state index is 0.588. The number of rotatable bonds is 2. The van der Waals surface area contributed by atoms with E-state index in [1.807, 2.05) is 0 Å². The molecule has 3 aliphatic rings. The van der Waals surface area contributed by atoms with Crippen LogP contribution in [0, 0.1) is 11.8 Å². The molecule has 3 rings (SSSR count). The van der Waals surface area contributed by atoms with E-state index in [0.717, 1.165) is 12.8 Å². The van der Waals surface area contributed by atoms with Crippen molar-refractivity contribution in [2.75, 3.05) is 0 Å². The molecule has 0 heterocycles. The molecule has 0 fully saturated rings. The molecule has 0 saturated carbocycles. The van der Waals surface area contributed by atoms with Crippen LogP contribution < -0.4 is 0 Å². The SMILES string of the molecule is IC1=CCC(C2=CCCC=C2)C(C2C=CC=CC2)=C1. The lowest BCUT2D eigenvalue weighted by Crippen LogP contribution is -2.17. The highest BCUT2D eigenvalue weighted by atomic mass is 127. The highest BCUT2D eigenvalue weighted by Crippen LogP contribution is 2.40. The number of allylic oxidation sites excluding steroid dienone is 12. The summed E-state index contributed by atoms with van der Waals surface area (Å²) in [7, 11) is 0. The summed E-state index contributed by atoms with van der Waals surface area (Å²) < 4.78 is 1.40. The zero-order valence-corrected chi connectivity index (χ0v) is 13.2. The maximum absolute atomic E-state index is 2.45. The second-order valence-corrected chi connectivity index (χ2v) is 6.61. The first-order chi connectivity index (χ1) is 9.34. The van der Waals surface area contributed by atoms with Crippen LogP contribution in [0.2, 0.25) is 0 Å². The average Bonchev–Trinajstić information content (AvgIpc) is 2.49. The molecule has 0 radical (unpaired) electrons. The van der Waals surface area contributed by atoms with E-state index in [1.54, 1.807) is 5.57 Å². The third-order valence-electron chi connectivity index (χ3n) is 4.09. The Balaban J connectivity index is 1.89. The topological polar surface area (TPSA) is 0 Å². The summed E-state index contributed by atoms with van der Waals surface area (Å²) in [6.07, 6.45) is 25.6. The molecule has 0 N–H and O–H groups in total. The van der Waals surface area contributed by atoms with Crippen LogP contribution in [0.3, 0.4) is 0 Å². The van der Waals surface area contributed by atoms with E-state index >= 15 is 0 Å². The molecular formula is C18H19I. The second kappa shape index (κ2) is 6.08. The van der Waals surface area contributed by atoms with Crippen LogP contribution in [0.15, 0.2) is 69.4 Å². The molecule has 98 valence electrons. The highest BCUT2D eigenvalue weighted by molar-refractivity contribution is 14.1. The van der Waals surface area contributed by atoms with Crippen molar-refractivity contribution in [3.63, 3.8) is 0 Å². The highest BCUT2D eigenvalue weighted by Gasteiger charge is 2.25. The Morgan fingerprint density at radius 3 is 2.68 bits per heavy atom. The molecule has 0 amide bonds. The van der Waals surface area contributed by atoms with Crippen LogP contribution in [-0.4, -0.2) is 0 Å². The Morgan fingerprint density at radius 1 is 1.00 bits per heavy atom. The lowest BCUT2D eigenvalue weighted by atomic mass is 9.75. The maximum Gasteiger partial charge on any atom is 0.00903 e. The van der Waals surface area contributed by atoms with Gasteiger partial charge in [0.25, 0.3) is 0 Å². The summed E-state index contributed by atoms with van der Waals surface area (Å²) in [6.45, 7) is 0. The Bertz CT molecular complexity index is 526. The van der Waals surface area contributed by atoms with Crippen LogP contribution >= 0.6 is 22.6 Å². The molecule has 19 heavy (non-hydrogen) atoms. The minimum Gasteiger partial charge on any atom is -0.0839 e. The number of halogens is 1. The summed E-state index contributed by atoms with van der Waals surface area (Å²) in [6, 6.07) is 0. The smallest absolute Gasteiger partial charge is 0.00903 e. The van der Waals surface area contributed by atoms with Gasteiger partial charge in [-0.25, -0.2) is 0 Å². The van der Waals surface area contributed by atoms with E-state index < -0.39 is 0 Å². The third kappa shape index (κ3) is 3.02. The van der Waals surface area contributed by atoms with Crippen molar-refractivity contribution in [3.05, 3.63) is 69.4 Å². The standard InChI is InChI=1S/C18H19I/c19-16-11-12-17(14-7-3-1-4-8-14)18(13-16)15-9-5-2-6-10-15/h2-3,5-9,11,13,15,17H,1,4,10,12H2. The van der Waals surface area contributed by atoms with E-state index in [4.69, 9.17) is 0 Å². The van der Waals surface area contributed by atoms with Crippen molar-refractivity contribution >= 4 is 22.6 Å². The Hall–Kier alpha value is -0.830. The summed E-state index contributed by atoms with van der Waals surface area (Å²) >= 11 is 2.45. The first-order valence-electron chi connectivity index (χ1n) is 7.11. The van der Waals surface area contributed by atoms with Gasteiger partial charge in [0.2, 0.25) is 0 Å². The normalized spacial score (nSPS) is 29.8. The van der Waals surface area contributed by atoms with E-state index in [2.05, 4.69) is 77.3 Å². The minimum absolute atomic E-state index is 0.588. The summed E-state index contributed by atoms with van der Waals surface area (Å²) in [5.41, 5.74) is 3.13. The predicted octanol–water partition coefficient (Wildman–Crippen LogP) is 5.66. The average molecular weight is 362 g/mol. The quantitative estimate of drug-likeness (QED) is 0.556. The van der Waals surface area contributed by atoms with Gasteiger partial charge in [-0.3, -0.25) is 0 Å². The molecule has 0 aromatic carbocycles. The Kier molecular flexibility index (Phi) is 4.21. The fourth-order valence-corrected chi connectivity index (χ4v) is 3.71. The van der Waals surface area contributed by atoms with Gasteiger partial charge in [0.15, 0.2) is 0 Å². The molecule has 2 atom stereocenters. The second-order valence-electron chi connectivity index (χ2n) is 5.36. The van der Waals surface area contributed by atoms with Crippen molar-refractivity contribution in [3.8, 4) is 0 Å². The lowest BCUT2D eigenvalue weighted by Gasteiger charge is -2.30. The first kappa shape index (κ1) is 13.2. The van der Waals surface area contributed by atoms with Gasteiger partial charge >= 0.3 is 0 Å². The van der Waals surface area contributed by atoms with Crippen LogP contribution in [0.4, 0.5) is 0 Å². The molecule has 0 bridgehead atoms.